The molecule has 0 N–H and O–H groups in total. The highest BCUT2D eigenvalue weighted by atomic mass is 16.3. The highest BCUT2D eigenvalue weighted by Gasteiger charge is 2.16. The zero-order valence-electron chi connectivity index (χ0n) is 16.0. The minimum atomic E-state index is 0.644. The minimum absolute atomic E-state index is 0.644. The van der Waals surface area contributed by atoms with Gasteiger partial charge in [-0.05, 0) is 18.2 Å². The van der Waals surface area contributed by atoms with Crippen LogP contribution in [0.25, 0.3) is 55.5 Å². The second-order valence-corrected chi connectivity index (χ2v) is 7.32. The molecule has 0 saturated heterocycles. The molecule has 0 atom stereocenters. The van der Waals surface area contributed by atoms with E-state index in [-0.39, 0.29) is 0 Å². The Hall–Kier alpha value is -3.92. The molecular weight excluding hydrogens is 367 g/mol. The molecule has 138 valence electrons. The van der Waals surface area contributed by atoms with Crippen LogP contribution in [0.4, 0.5) is 0 Å². The highest BCUT2D eigenvalue weighted by molar-refractivity contribution is 6.33. The van der Waals surface area contributed by atoms with Crippen molar-refractivity contribution in [2.24, 2.45) is 0 Å². The fourth-order valence-electron chi connectivity index (χ4n) is 4.01. The van der Waals surface area contributed by atoms with Gasteiger partial charge in [0.25, 0.3) is 0 Å². The molecule has 0 aliphatic rings. The van der Waals surface area contributed by atoms with Crippen LogP contribution in [-0.2, 0) is 0 Å². The Balaban J connectivity index is 1.68. The van der Waals surface area contributed by atoms with Crippen LogP contribution in [0.2, 0.25) is 0 Å². The van der Waals surface area contributed by atoms with E-state index in [4.69, 9.17) is 22.2 Å². The van der Waals surface area contributed by atoms with E-state index < -0.39 is 0 Å². The van der Waals surface area contributed by atoms with Gasteiger partial charge in [-0.3, -0.25) is 0 Å². The summed E-state index contributed by atoms with van der Waals surface area (Å²) in [4.78, 5) is 9.86. The highest BCUT2D eigenvalue weighted by Crippen LogP contribution is 2.36. The van der Waals surface area contributed by atoms with Crippen LogP contribution in [-0.4, -0.2) is 17.8 Å². The lowest BCUT2D eigenvalue weighted by Crippen LogP contribution is -1.98. The number of benzene rings is 4. The van der Waals surface area contributed by atoms with Gasteiger partial charge in [-0.15, -0.1) is 0 Å². The summed E-state index contributed by atoms with van der Waals surface area (Å²) in [5, 5.41) is 3.03. The Kier molecular flexibility index (Phi) is 3.72. The zero-order valence-corrected chi connectivity index (χ0v) is 16.0. The normalized spacial score (nSPS) is 11.5. The summed E-state index contributed by atoms with van der Waals surface area (Å²) in [6, 6.07) is 30.1. The quantitative estimate of drug-likeness (QED) is 0.363. The van der Waals surface area contributed by atoms with Gasteiger partial charge in [0, 0.05) is 21.7 Å². The number of furan rings is 1. The maximum absolute atomic E-state index is 6.22. The maximum atomic E-state index is 6.22. The van der Waals surface area contributed by atoms with Crippen molar-refractivity contribution in [3.63, 3.8) is 0 Å². The molecule has 4 heteroatoms. The van der Waals surface area contributed by atoms with Gasteiger partial charge < -0.3 is 4.42 Å². The molecule has 6 rings (SSSR count). The zero-order chi connectivity index (χ0) is 20.1. The van der Waals surface area contributed by atoms with Gasteiger partial charge in [0.15, 0.2) is 5.82 Å². The van der Waals surface area contributed by atoms with Crippen molar-refractivity contribution < 1.29 is 4.42 Å². The van der Waals surface area contributed by atoms with Crippen molar-refractivity contribution in [3.8, 4) is 22.6 Å². The standard InChI is InChI=1S/C26H15BN2O/c27-17-13-14-23-21(15-17)18-10-6-11-20(25(18)30-23)26-28-22-12-5-4-9-19(22)24(29-26)16-7-2-1-3-8-16/h1-15H. The summed E-state index contributed by atoms with van der Waals surface area (Å²) in [7, 11) is 6.00. The summed E-state index contributed by atoms with van der Waals surface area (Å²) in [5.41, 5.74) is 6.02. The first-order valence-electron chi connectivity index (χ1n) is 9.81. The first-order chi connectivity index (χ1) is 14.8. The number of para-hydroxylation sites is 2. The number of fused-ring (bicyclic) bond motifs is 4. The molecule has 0 fully saturated rings. The minimum Gasteiger partial charge on any atom is -0.455 e. The Morgan fingerprint density at radius 1 is 0.667 bits per heavy atom. The molecule has 2 radical (unpaired) electrons. The number of hydrogen-bond donors (Lipinski definition) is 0. The molecule has 0 spiro atoms. The van der Waals surface area contributed by atoms with Gasteiger partial charge in [0.05, 0.1) is 16.8 Å². The first-order valence-corrected chi connectivity index (χ1v) is 9.81. The Labute approximate surface area is 174 Å². The molecule has 2 aromatic heterocycles. The average molecular weight is 382 g/mol. The summed E-state index contributed by atoms with van der Waals surface area (Å²) in [5.74, 6) is 0.644. The second kappa shape index (κ2) is 6.56. The van der Waals surface area contributed by atoms with Crippen molar-refractivity contribution in [2.45, 2.75) is 0 Å². The van der Waals surface area contributed by atoms with Crippen LogP contribution < -0.4 is 5.46 Å². The molecule has 0 unspecified atom stereocenters. The van der Waals surface area contributed by atoms with E-state index in [1.54, 1.807) is 0 Å². The van der Waals surface area contributed by atoms with E-state index in [9.17, 15) is 0 Å². The van der Waals surface area contributed by atoms with Gasteiger partial charge in [-0.2, -0.15) is 0 Å². The molecule has 3 nitrogen and oxygen atoms in total. The third-order valence-electron chi connectivity index (χ3n) is 5.41. The molecule has 2 heterocycles. The van der Waals surface area contributed by atoms with Gasteiger partial charge in [-0.25, -0.2) is 9.97 Å². The van der Waals surface area contributed by atoms with Crippen molar-refractivity contribution >= 4 is 46.2 Å². The van der Waals surface area contributed by atoms with Crippen molar-refractivity contribution in [1.82, 2.24) is 9.97 Å². The monoisotopic (exact) mass is 382 g/mol. The Bertz CT molecular complexity index is 1550. The van der Waals surface area contributed by atoms with Crippen molar-refractivity contribution in [3.05, 3.63) is 91.0 Å². The number of nitrogens with zero attached hydrogens (tertiary/aromatic N) is 2. The largest absolute Gasteiger partial charge is 0.455 e. The van der Waals surface area contributed by atoms with Crippen LogP contribution in [0.1, 0.15) is 0 Å². The van der Waals surface area contributed by atoms with E-state index >= 15 is 0 Å². The van der Waals surface area contributed by atoms with Crippen molar-refractivity contribution in [2.75, 3.05) is 0 Å². The van der Waals surface area contributed by atoms with E-state index in [1.807, 2.05) is 72.8 Å². The number of hydrogen-bond acceptors (Lipinski definition) is 3. The topological polar surface area (TPSA) is 38.9 Å². The smallest absolute Gasteiger partial charge is 0.164 e. The first kappa shape index (κ1) is 17.0. The molecule has 30 heavy (non-hydrogen) atoms. The second-order valence-electron chi connectivity index (χ2n) is 7.32. The SMILES string of the molecule is [B]c1ccc2oc3c(-c4nc(-c5ccccc5)c5ccccc5n4)cccc3c2c1. The third-order valence-corrected chi connectivity index (χ3v) is 5.41. The fourth-order valence-corrected chi connectivity index (χ4v) is 4.01. The van der Waals surface area contributed by atoms with Crippen LogP contribution in [0.3, 0.4) is 0 Å². The summed E-state index contributed by atoms with van der Waals surface area (Å²) < 4.78 is 6.22. The van der Waals surface area contributed by atoms with Gasteiger partial charge in [-0.1, -0.05) is 78.3 Å². The van der Waals surface area contributed by atoms with Crippen LogP contribution in [0, 0.1) is 0 Å². The lowest BCUT2D eigenvalue weighted by Gasteiger charge is -2.09. The van der Waals surface area contributed by atoms with E-state index in [2.05, 4.69) is 18.2 Å². The van der Waals surface area contributed by atoms with E-state index in [1.165, 1.54) is 0 Å². The summed E-state index contributed by atoms with van der Waals surface area (Å²) in [6.07, 6.45) is 0. The summed E-state index contributed by atoms with van der Waals surface area (Å²) in [6.45, 7) is 0. The maximum Gasteiger partial charge on any atom is 0.164 e. The molecule has 0 aliphatic carbocycles. The van der Waals surface area contributed by atoms with Crippen molar-refractivity contribution in [1.29, 1.82) is 0 Å². The van der Waals surface area contributed by atoms with Gasteiger partial charge in [0.1, 0.15) is 19.0 Å². The lowest BCUT2D eigenvalue weighted by atomic mass is 9.94. The predicted octanol–water partition coefficient (Wildman–Crippen LogP) is 5.66. The van der Waals surface area contributed by atoms with Crippen LogP contribution in [0.5, 0.6) is 0 Å². The van der Waals surface area contributed by atoms with E-state index in [0.29, 0.717) is 11.3 Å². The van der Waals surface area contributed by atoms with E-state index in [0.717, 1.165) is 49.7 Å². The molecule has 0 aliphatic heterocycles. The number of aromatic nitrogens is 2. The third kappa shape index (κ3) is 2.61. The average Bonchev–Trinajstić information content (AvgIpc) is 3.17. The summed E-state index contributed by atoms with van der Waals surface area (Å²) >= 11 is 0. The number of rotatable bonds is 2. The molecule has 0 amide bonds. The van der Waals surface area contributed by atoms with Crippen LogP contribution >= 0.6 is 0 Å². The predicted molar refractivity (Wildman–Crippen MR) is 123 cm³/mol. The lowest BCUT2D eigenvalue weighted by molar-refractivity contribution is 0.669. The molecule has 4 aromatic carbocycles. The molecular formula is C26H15BN2O. The fraction of sp³-hybridized carbons (Fsp3) is 0. The molecule has 6 aromatic rings. The Morgan fingerprint density at radius 2 is 1.47 bits per heavy atom. The van der Waals surface area contributed by atoms with Gasteiger partial charge in [0.2, 0.25) is 0 Å². The Morgan fingerprint density at radius 3 is 2.37 bits per heavy atom. The van der Waals surface area contributed by atoms with Crippen LogP contribution in [0.15, 0.2) is 95.4 Å². The molecule has 0 saturated carbocycles. The van der Waals surface area contributed by atoms with Gasteiger partial charge >= 0.3 is 0 Å². The molecule has 0 bridgehead atoms.